The SMILES string of the molecule is O=C(O)[C@H]1CNC[C@@H](N/N=C/c2ccc(-c3ccc(Br)cc3)o2)C1. The lowest BCUT2D eigenvalue weighted by atomic mass is 9.96. The van der Waals surface area contributed by atoms with Gasteiger partial charge < -0.3 is 20.3 Å². The van der Waals surface area contributed by atoms with E-state index in [0.717, 1.165) is 15.8 Å². The Bertz CT molecular complexity index is 727. The molecule has 7 heteroatoms. The number of rotatable bonds is 5. The van der Waals surface area contributed by atoms with Crippen molar-refractivity contribution in [3.8, 4) is 11.3 Å². The van der Waals surface area contributed by atoms with E-state index in [0.29, 0.717) is 25.3 Å². The molecule has 1 saturated heterocycles. The van der Waals surface area contributed by atoms with Crippen molar-refractivity contribution in [1.29, 1.82) is 0 Å². The molecule has 126 valence electrons. The number of carboxylic acids is 1. The summed E-state index contributed by atoms with van der Waals surface area (Å²) in [7, 11) is 0. The molecule has 2 aromatic rings. The van der Waals surface area contributed by atoms with E-state index in [1.807, 2.05) is 36.4 Å². The first-order valence-corrected chi connectivity index (χ1v) is 8.49. The van der Waals surface area contributed by atoms with Crippen LogP contribution in [0.1, 0.15) is 12.2 Å². The van der Waals surface area contributed by atoms with Gasteiger partial charge in [-0.2, -0.15) is 5.10 Å². The number of halogens is 1. The Kier molecular flexibility index (Phi) is 5.32. The van der Waals surface area contributed by atoms with Crippen molar-refractivity contribution >= 4 is 28.1 Å². The summed E-state index contributed by atoms with van der Waals surface area (Å²) in [6.07, 6.45) is 2.16. The van der Waals surface area contributed by atoms with Crippen molar-refractivity contribution in [1.82, 2.24) is 10.7 Å². The number of benzene rings is 1. The number of hydrazone groups is 1. The molecule has 1 aromatic heterocycles. The molecular weight excluding hydrogens is 374 g/mol. The first-order chi connectivity index (χ1) is 11.6. The molecule has 24 heavy (non-hydrogen) atoms. The number of carboxylic acid groups (broad SMARTS) is 1. The minimum Gasteiger partial charge on any atom is -0.481 e. The summed E-state index contributed by atoms with van der Waals surface area (Å²) in [6.45, 7) is 1.20. The topological polar surface area (TPSA) is 86.9 Å². The molecule has 0 aliphatic carbocycles. The summed E-state index contributed by atoms with van der Waals surface area (Å²) < 4.78 is 6.76. The van der Waals surface area contributed by atoms with Crippen molar-refractivity contribution in [3.05, 3.63) is 46.6 Å². The number of aliphatic carboxylic acids is 1. The van der Waals surface area contributed by atoms with Gasteiger partial charge in [0.2, 0.25) is 0 Å². The van der Waals surface area contributed by atoms with Crippen molar-refractivity contribution in [3.63, 3.8) is 0 Å². The second-order valence-electron chi connectivity index (χ2n) is 5.72. The van der Waals surface area contributed by atoms with Gasteiger partial charge in [-0.15, -0.1) is 0 Å². The highest BCUT2D eigenvalue weighted by molar-refractivity contribution is 9.10. The molecule has 0 radical (unpaired) electrons. The van der Waals surface area contributed by atoms with Crippen LogP contribution in [0.25, 0.3) is 11.3 Å². The molecule has 2 heterocycles. The maximum atomic E-state index is 11.0. The number of nitrogens with one attached hydrogen (secondary N) is 2. The summed E-state index contributed by atoms with van der Waals surface area (Å²) in [5.41, 5.74) is 3.98. The molecule has 0 spiro atoms. The van der Waals surface area contributed by atoms with E-state index in [2.05, 4.69) is 31.8 Å². The highest BCUT2D eigenvalue weighted by Gasteiger charge is 2.26. The standard InChI is InChI=1S/C17H18BrN3O3/c18-13-3-1-11(2-4-13)16-6-5-15(24-16)10-20-21-14-7-12(17(22)23)8-19-9-14/h1-6,10,12,14,19,21H,7-9H2,(H,22,23)/b20-10+/t12-,14+/m1/s1. The van der Waals surface area contributed by atoms with Crippen LogP contribution in [-0.2, 0) is 4.79 Å². The minimum absolute atomic E-state index is 0.00277. The number of carbonyl (C=O) groups is 1. The maximum Gasteiger partial charge on any atom is 0.307 e. The van der Waals surface area contributed by atoms with Crippen LogP contribution < -0.4 is 10.7 Å². The van der Waals surface area contributed by atoms with Crippen LogP contribution in [0.3, 0.4) is 0 Å². The molecular formula is C17H18BrN3O3. The third-order valence-corrected chi connectivity index (χ3v) is 4.43. The van der Waals surface area contributed by atoms with E-state index in [1.54, 1.807) is 6.21 Å². The fraction of sp³-hybridized carbons (Fsp3) is 0.294. The molecule has 3 N–H and O–H groups in total. The average molecular weight is 392 g/mol. The molecule has 0 saturated carbocycles. The van der Waals surface area contributed by atoms with Gasteiger partial charge >= 0.3 is 5.97 Å². The van der Waals surface area contributed by atoms with Crippen LogP contribution in [0.15, 0.2) is 50.4 Å². The first kappa shape index (κ1) is 16.7. The normalized spacial score (nSPS) is 21.0. The lowest BCUT2D eigenvalue weighted by molar-refractivity contribution is -0.142. The zero-order valence-corrected chi connectivity index (χ0v) is 14.5. The molecule has 1 fully saturated rings. The Balaban J connectivity index is 1.57. The summed E-state index contributed by atoms with van der Waals surface area (Å²) in [5, 5.41) is 16.3. The minimum atomic E-state index is -0.775. The van der Waals surface area contributed by atoms with Crippen molar-refractivity contribution in [2.24, 2.45) is 11.0 Å². The fourth-order valence-corrected chi connectivity index (χ4v) is 2.89. The highest BCUT2D eigenvalue weighted by Crippen LogP contribution is 2.23. The van der Waals surface area contributed by atoms with Gasteiger partial charge in [0, 0.05) is 23.1 Å². The van der Waals surface area contributed by atoms with E-state index in [-0.39, 0.29) is 12.0 Å². The number of piperidine rings is 1. The quantitative estimate of drug-likeness (QED) is 0.538. The van der Waals surface area contributed by atoms with Crippen molar-refractivity contribution < 1.29 is 14.3 Å². The summed E-state index contributed by atoms with van der Waals surface area (Å²) in [5.74, 6) is 0.260. The van der Waals surface area contributed by atoms with Crippen LogP contribution in [-0.4, -0.2) is 36.4 Å². The third kappa shape index (κ3) is 4.24. The smallest absolute Gasteiger partial charge is 0.307 e. The second-order valence-corrected chi connectivity index (χ2v) is 6.64. The van der Waals surface area contributed by atoms with E-state index < -0.39 is 5.97 Å². The van der Waals surface area contributed by atoms with Gasteiger partial charge in [-0.25, -0.2) is 0 Å². The second kappa shape index (κ2) is 7.63. The number of hydrogen-bond acceptors (Lipinski definition) is 5. The van der Waals surface area contributed by atoms with Crippen LogP contribution >= 0.6 is 15.9 Å². The van der Waals surface area contributed by atoms with Gasteiger partial charge in [-0.05, 0) is 30.7 Å². The summed E-state index contributed by atoms with van der Waals surface area (Å²) in [6, 6.07) is 11.6. The third-order valence-electron chi connectivity index (χ3n) is 3.90. The molecule has 0 amide bonds. The molecule has 0 unspecified atom stereocenters. The van der Waals surface area contributed by atoms with Gasteiger partial charge in [0.05, 0.1) is 18.2 Å². The lowest BCUT2D eigenvalue weighted by Gasteiger charge is -2.26. The number of furan rings is 1. The number of hydrogen-bond donors (Lipinski definition) is 3. The van der Waals surface area contributed by atoms with Gasteiger partial charge in [0.25, 0.3) is 0 Å². The molecule has 3 rings (SSSR count). The molecule has 1 aliphatic rings. The Morgan fingerprint density at radius 3 is 2.83 bits per heavy atom. The predicted octanol–water partition coefficient (Wildman–Crippen LogP) is 2.70. The Hall–Kier alpha value is -2.12. The zero-order valence-electron chi connectivity index (χ0n) is 12.9. The van der Waals surface area contributed by atoms with Crippen molar-refractivity contribution in [2.75, 3.05) is 13.1 Å². The highest BCUT2D eigenvalue weighted by atomic mass is 79.9. The van der Waals surface area contributed by atoms with E-state index in [4.69, 9.17) is 9.52 Å². The average Bonchev–Trinajstić information content (AvgIpc) is 3.05. The molecule has 0 bridgehead atoms. The van der Waals surface area contributed by atoms with Crippen LogP contribution in [0.4, 0.5) is 0 Å². The summed E-state index contributed by atoms with van der Waals surface area (Å²) >= 11 is 3.41. The fourth-order valence-electron chi connectivity index (χ4n) is 2.63. The lowest BCUT2D eigenvalue weighted by Crippen LogP contribution is -2.47. The predicted molar refractivity (Wildman–Crippen MR) is 95.0 cm³/mol. The molecule has 2 atom stereocenters. The van der Waals surface area contributed by atoms with Crippen LogP contribution in [0.5, 0.6) is 0 Å². The monoisotopic (exact) mass is 391 g/mol. The maximum absolute atomic E-state index is 11.0. The van der Waals surface area contributed by atoms with E-state index >= 15 is 0 Å². The van der Waals surface area contributed by atoms with Crippen LogP contribution in [0, 0.1) is 5.92 Å². The zero-order chi connectivity index (χ0) is 16.9. The Labute approximate surface area is 148 Å². The summed E-state index contributed by atoms with van der Waals surface area (Å²) in [4.78, 5) is 11.0. The first-order valence-electron chi connectivity index (χ1n) is 7.69. The number of nitrogens with zero attached hydrogens (tertiary/aromatic N) is 1. The molecule has 6 nitrogen and oxygen atoms in total. The van der Waals surface area contributed by atoms with Gasteiger partial charge in [0.15, 0.2) is 0 Å². The van der Waals surface area contributed by atoms with E-state index in [9.17, 15) is 4.79 Å². The van der Waals surface area contributed by atoms with E-state index in [1.165, 1.54) is 0 Å². The molecule has 1 aliphatic heterocycles. The largest absolute Gasteiger partial charge is 0.481 e. The van der Waals surface area contributed by atoms with Crippen LogP contribution in [0.2, 0.25) is 0 Å². The van der Waals surface area contributed by atoms with Crippen molar-refractivity contribution in [2.45, 2.75) is 12.5 Å². The van der Waals surface area contributed by atoms with Gasteiger partial charge in [0.1, 0.15) is 11.5 Å². The molecule has 1 aromatic carbocycles. The Morgan fingerprint density at radius 2 is 2.08 bits per heavy atom. The Morgan fingerprint density at radius 1 is 1.29 bits per heavy atom. The van der Waals surface area contributed by atoms with Gasteiger partial charge in [-0.3, -0.25) is 4.79 Å². The van der Waals surface area contributed by atoms with Gasteiger partial charge in [-0.1, -0.05) is 28.1 Å².